The highest BCUT2D eigenvalue weighted by Gasteiger charge is 2.52. The third kappa shape index (κ3) is 3.94. The first-order valence-corrected chi connectivity index (χ1v) is 9.13. The Bertz CT molecular complexity index is 248. The molecule has 0 aromatic heterocycles. The van der Waals surface area contributed by atoms with Crippen LogP contribution in [0.25, 0.3) is 0 Å². The van der Waals surface area contributed by atoms with Gasteiger partial charge in [0.15, 0.2) is 0 Å². The van der Waals surface area contributed by atoms with Crippen molar-refractivity contribution in [2.75, 3.05) is 31.7 Å². The fourth-order valence-electron chi connectivity index (χ4n) is 2.20. The van der Waals surface area contributed by atoms with E-state index in [1.165, 1.54) is 0 Å². The minimum absolute atomic E-state index is 0.298. The van der Waals surface area contributed by atoms with Gasteiger partial charge >= 0.3 is 11.9 Å². The lowest BCUT2D eigenvalue weighted by molar-refractivity contribution is -0.153. The molecule has 0 spiro atoms. The number of rotatable bonds is 8. The van der Waals surface area contributed by atoms with Gasteiger partial charge in [0.25, 0.3) is 5.66 Å². The SMILES string of the molecule is CCOC(=O)C(C(=O)OCC)[P+](CC)(CC)CC. The fourth-order valence-corrected chi connectivity index (χ4v) is 5.68. The van der Waals surface area contributed by atoms with Gasteiger partial charge < -0.3 is 9.47 Å². The third-order valence-corrected chi connectivity index (χ3v) is 8.75. The average Bonchev–Trinajstić information content (AvgIpc) is 2.36. The van der Waals surface area contributed by atoms with Crippen molar-refractivity contribution in [3.8, 4) is 0 Å². The van der Waals surface area contributed by atoms with Crippen molar-refractivity contribution in [3.63, 3.8) is 0 Å². The van der Waals surface area contributed by atoms with Crippen LogP contribution in [-0.4, -0.2) is 49.3 Å². The van der Waals surface area contributed by atoms with Crippen LogP contribution in [0, 0.1) is 0 Å². The van der Waals surface area contributed by atoms with Crippen molar-refractivity contribution in [2.45, 2.75) is 40.3 Å². The summed E-state index contributed by atoms with van der Waals surface area (Å²) in [6.07, 6.45) is 2.59. The van der Waals surface area contributed by atoms with Crippen molar-refractivity contribution in [1.82, 2.24) is 0 Å². The molecular weight excluding hydrogens is 251 g/mol. The van der Waals surface area contributed by atoms with Crippen LogP contribution in [0.3, 0.4) is 0 Å². The average molecular weight is 277 g/mol. The van der Waals surface area contributed by atoms with Crippen molar-refractivity contribution in [1.29, 1.82) is 0 Å². The lowest BCUT2D eigenvalue weighted by atomic mass is 10.4. The Labute approximate surface area is 111 Å². The molecule has 0 amide bonds. The van der Waals surface area contributed by atoms with E-state index in [1.807, 2.05) is 20.8 Å². The van der Waals surface area contributed by atoms with Crippen LogP contribution in [0.5, 0.6) is 0 Å². The van der Waals surface area contributed by atoms with E-state index in [-0.39, 0.29) is 0 Å². The second kappa shape index (κ2) is 8.47. The topological polar surface area (TPSA) is 52.6 Å². The smallest absolute Gasteiger partial charge is 0.358 e. The van der Waals surface area contributed by atoms with Gasteiger partial charge in [-0.15, -0.1) is 0 Å². The van der Waals surface area contributed by atoms with Gasteiger partial charge in [0.2, 0.25) is 0 Å². The first-order valence-electron chi connectivity index (χ1n) is 6.71. The number of carbonyl (C=O) groups excluding carboxylic acids is 2. The zero-order valence-corrected chi connectivity index (χ0v) is 13.1. The molecule has 106 valence electrons. The van der Waals surface area contributed by atoms with E-state index in [0.717, 1.165) is 18.5 Å². The quantitative estimate of drug-likeness (QED) is 0.389. The standard InChI is InChI=1S/C13H26O4P/c1-6-16-12(14)11(13(15)17-7-2)18(8-3,9-4)10-5/h11H,6-10H2,1-5H3/q+1. The minimum atomic E-state index is -1.67. The minimum Gasteiger partial charge on any atom is -0.463 e. The normalized spacial score (nSPS) is 11.4. The Kier molecular flexibility index (Phi) is 8.17. The van der Waals surface area contributed by atoms with Crippen LogP contribution in [-0.2, 0) is 19.1 Å². The molecule has 0 saturated heterocycles. The molecule has 0 radical (unpaired) electrons. The zero-order valence-electron chi connectivity index (χ0n) is 12.2. The van der Waals surface area contributed by atoms with Crippen molar-refractivity contribution < 1.29 is 19.1 Å². The lowest BCUT2D eigenvalue weighted by Crippen LogP contribution is -2.38. The van der Waals surface area contributed by atoms with E-state index in [2.05, 4.69) is 0 Å². The van der Waals surface area contributed by atoms with Crippen molar-refractivity contribution in [2.24, 2.45) is 0 Å². The molecule has 0 aliphatic carbocycles. The Morgan fingerprint density at radius 3 is 1.39 bits per heavy atom. The highest BCUT2D eigenvalue weighted by molar-refractivity contribution is 7.78. The Morgan fingerprint density at radius 1 is 0.833 bits per heavy atom. The molecule has 0 aromatic carbocycles. The molecular formula is C13H26O4P+. The highest BCUT2D eigenvalue weighted by Crippen LogP contribution is 2.62. The fraction of sp³-hybridized carbons (Fsp3) is 0.846. The van der Waals surface area contributed by atoms with E-state index in [9.17, 15) is 9.59 Å². The van der Waals surface area contributed by atoms with Crippen LogP contribution in [0.2, 0.25) is 0 Å². The van der Waals surface area contributed by atoms with E-state index in [1.54, 1.807) is 13.8 Å². The summed E-state index contributed by atoms with van der Waals surface area (Å²) in [6.45, 7) is 10.2. The van der Waals surface area contributed by atoms with Crippen LogP contribution in [0.1, 0.15) is 34.6 Å². The molecule has 18 heavy (non-hydrogen) atoms. The number of hydrogen-bond donors (Lipinski definition) is 0. The van der Waals surface area contributed by atoms with E-state index < -0.39 is 24.9 Å². The molecule has 0 N–H and O–H groups in total. The Morgan fingerprint density at radius 2 is 1.17 bits per heavy atom. The second-order valence-corrected chi connectivity index (χ2v) is 8.92. The highest BCUT2D eigenvalue weighted by atomic mass is 31.2. The zero-order chi connectivity index (χ0) is 14.2. The number of ether oxygens (including phenoxy) is 2. The summed E-state index contributed by atoms with van der Waals surface area (Å²) >= 11 is 0. The predicted octanol–water partition coefficient (Wildman–Crippen LogP) is 2.56. The summed E-state index contributed by atoms with van der Waals surface area (Å²) in [5.41, 5.74) is -0.697. The van der Waals surface area contributed by atoms with E-state index >= 15 is 0 Å². The van der Waals surface area contributed by atoms with Gasteiger partial charge in [0, 0.05) is 7.26 Å². The molecule has 0 unspecified atom stereocenters. The Hall–Kier alpha value is -0.630. The predicted molar refractivity (Wildman–Crippen MR) is 75.6 cm³/mol. The lowest BCUT2D eigenvalue weighted by Gasteiger charge is -2.29. The number of esters is 2. The van der Waals surface area contributed by atoms with Gasteiger partial charge in [0.1, 0.15) is 0 Å². The summed E-state index contributed by atoms with van der Waals surface area (Å²) in [5.74, 6) is -0.815. The number of carbonyl (C=O) groups is 2. The molecule has 0 atom stereocenters. The maximum atomic E-state index is 12.1. The summed E-state index contributed by atoms with van der Waals surface area (Å²) in [4.78, 5) is 24.2. The molecule has 5 heteroatoms. The number of hydrogen-bond acceptors (Lipinski definition) is 4. The van der Waals surface area contributed by atoms with Gasteiger partial charge in [-0.2, -0.15) is 0 Å². The second-order valence-electron chi connectivity index (χ2n) is 4.07. The van der Waals surface area contributed by atoms with E-state index in [0.29, 0.717) is 13.2 Å². The van der Waals surface area contributed by atoms with Crippen LogP contribution in [0.4, 0.5) is 0 Å². The third-order valence-electron chi connectivity index (χ3n) is 3.46. The van der Waals surface area contributed by atoms with Gasteiger partial charge in [0.05, 0.1) is 31.7 Å². The first kappa shape index (κ1) is 17.4. The summed E-state index contributed by atoms with van der Waals surface area (Å²) < 4.78 is 10.1. The first-order chi connectivity index (χ1) is 8.52. The molecule has 0 rings (SSSR count). The van der Waals surface area contributed by atoms with Gasteiger partial charge in [-0.3, -0.25) is 0 Å². The summed E-state index contributed by atoms with van der Waals surface area (Å²) in [6, 6.07) is 0. The Balaban J connectivity index is 5.28. The maximum absolute atomic E-state index is 12.1. The monoisotopic (exact) mass is 277 g/mol. The van der Waals surface area contributed by atoms with Crippen molar-refractivity contribution in [3.05, 3.63) is 0 Å². The molecule has 4 nitrogen and oxygen atoms in total. The summed E-state index contributed by atoms with van der Waals surface area (Å²) in [5, 5.41) is 0. The van der Waals surface area contributed by atoms with Crippen molar-refractivity contribution >= 4 is 19.2 Å². The van der Waals surface area contributed by atoms with Crippen LogP contribution in [0.15, 0.2) is 0 Å². The van der Waals surface area contributed by atoms with Gasteiger partial charge in [-0.1, -0.05) is 0 Å². The van der Waals surface area contributed by atoms with Gasteiger partial charge in [-0.25, -0.2) is 9.59 Å². The molecule has 0 heterocycles. The van der Waals surface area contributed by atoms with Gasteiger partial charge in [-0.05, 0) is 34.6 Å². The van der Waals surface area contributed by atoms with E-state index in [4.69, 9.17) is 9.47 Å². The molecule has 0 saturated carbocycles. The molecule has 0 fully saturated rings. The van der Waals surface area contributed by atoms with Crippen LogP contribution < -0.4 is 0 Å². The largest absolute Gasteiger partial charge is 0.463 e. The molecule has 0 aliphatic heterocycles. The molecule has 0 aromatic rings. The maximum Gasteiger partial charge on any atom is 0.358 e. The molecule has 0 aliphatic rings. The van der Waals surface area contributed by atoms with Crippen LogP contribution >= 0.6 is 7.26 Å². The molecule has 0 bridgehead atoms. The summed E-state index contributed by atoms with van der Waals surface area (Å²) in [7, 11) is -1.67.